The quantitative estimate of drug-likeness (QED) is 0.570. The van der Waals surface area contributed by atoms with E-state index in [4.69, 9.17) is 4.42 Å². The summed E-state index contributed by atoms with van der Waals surface area (Å²) in [4.78, 5) is 12.1. The van der Waals surface area contributed by atoms with Crippen molar-refractivity contribution in [3.63, 3.8) is 0 Å². The van der Waals surface area contributed by atoms with Crippen molar-refractivity contribution >= 4 is 17.7 Å². The highest BCUT2D eigenvalue weighted by Gasteiger charge is 2.12. The molecule has 3 rings (SSSR count). The lowest BCUT2D eigenvalue weighted by molar-refractivity contribution is -0.119. The molecular formula is C21H23N3O2S. The number of carbonyl (C=O) groups is 1. The number of nitrogens with one attached hydrogen (secondary N) is 1. The monoisotopic (exact) mass is 381 g/mol. The van der Waals surface area contributed by atoms with Crippen LogP contribution in [0.2, 0.25) is 0 Å². The van der Waals surface area contributed by atoms with Gasteiger partial charge in [0.15, 0.2) is 0 Å². The van der Waals surface area contributed by atoms with Crippen LogP contribution in [0.25, 0.3) is 0 Å². The molecule has 3 aromatic rings. The Bertz CT molecular complexity index is 837. The first-order valence-electron chi connectivity index (χ1n) is 9.01. The SMILES string of the molecule is C[C@@H](CCc1ccccc1)NC(=O)CSc1nnc(Cc2ccccc2)o1. The van der Waals surface area contributed by atoms with Crippen LogP contribution in [0.15, 0.2) is 70.3 Å². The number of aromatic nitrogens is 2. The van der Waals surface area contributed by atoms with Gasteiger partial charge in [0.1, 0.15) is 0 Å². The summed E-state index contributed by atoms with van der Waals surface area (Å²) in [7, 11) is 0. The van der Waals surface area contributed by atoms with Gasteiger partial charge in [-0.3, -0.25) is 4.79 Å². The summed E-state index contributed by atoms with van der Waals surface area (Å²) in [6.45, 7) is 2.02. The molecule has 0 spiro atoms. The molecule has 2 aromatic carbocycles. The number of amides is 1. The highest BCUT2D eigenvalue weighted by molar-refractivity contribution is 7.99. The van der Waals surface area contributed by atoms with E-state index in [-0.39, 0.29) is 17.7 Å². The second kappa shape index (κ2) is 9.92. The maximum Gasteiger partial charge on any atom is 0.277 e. The van der Waals surface area contributed by atoms with E-state index in [9.17, 15) is 4.79 Å². The lowest BCUT2D eigenvalue weighted by atomic mass is 10.1. The lowest BCUT2D eigenvalue weighted by Crippen LogP contribution is -2.34. The summed E-state index contributed by atoms with van der Waals surface area (Å²) in [5, 5.41) is 11.5. The Morgan fingerprint density at radius 2 is 1.70 bits per heavy atom. The van der Waals surface area contributed by atoms with Crippen molar-refractivity contribution in [1.29, 1.82) is 0 Å². The van der Waals surface area contributed by atoms with E-state index in [1.807, 2.05) is 55.5 Å². The zero-order chi connectivity index (χ0) is 18.9. The zero-order valence-electron chi connectivity index (χ0n) is 15.3. The Morgan fingerprint density at radius 1 is 1.04 bits per heavy atom. The van der Waals surface area contributed by atoms with E-state index in [0.717, 1.165) is 18.4 Å². The van der Waals surface area contributed by atoms with E-state index >= 15 is 0 Å². The number of benzene rings is 2. The molecule has 0 radical (unpaired) electrons. The second-order valence-corrected chi connectivity index (χ2v) is 7.33. The smallest absolute Gasteiger partial charge is 0.277 e. The molecule has 1 amide bonds. The number of carbonyl (C=O) groups excluding carboxylic acids is 1. The fourth-order valence-electron chi connectivity index (χ4n) is 2.68. The molecule has 0 saturated heterocycles. The van der Waals surface area contributed by atoms with Crippen LogP contribution in [0.5, 0.6) is 0 Å². The maximum atomic E-state index is 12.1. The number of thioether (sulfide) groups is 1. The molecule has 1 heterocycles. The third kappa shape index (κ3) is 6.57. The molecule has 5 nitrogen and oxygen atoms in total. The minimum absolute atomic E-state index is 0.0247. The van der Waals surface area contributed by atoms with Gasteiger partial charge in [-0.1, -0.05) is 72.4 Å². The third-order valence-electron chi connectivity index (χ3n) is 4.09. The van der Waals surface area contributed by atoms with Crippen LogP contribution in [0.1, 0.15) is 30.4 Å². The normalized spacial score (nSPS) is 11.9. The van der Waals surface area contributed by atoms with Crippen LogP contribution in [0, 0.1) is 0 Å². The van der Waals surface area contributed by atoms with E-state index < -0.39 is 0 Å². The summed E-state index contributed by atoms with van der Waals surface area (Å²) < 4.78 is 5.61. The molecule has 1 atom stereocenters. The Morgan fingerprint density at radius 3 is 2.41 bits per heavy atom. The van der Waals surface area contributed by atoms with Crippen molar-refractivity contribution in [1.82, 2.24) is 15.5 Å². The Hall–Kier alpha value is -2.60. The van der Waals surface area contributed by atoms with E-state index in [0.29, 0.717) is 17.5 Å². The minimum Gasteiger partial charge on any atom is -0.416 e. The van der Waals surface area contributed by atoms with Gasteiger partial charge in [-0.25, -0.2) is 0 Å². The molecule has 0 unspecified atom stereocenters. The molecular weight excluding hydrogens is 358 g/mol. The first-order chi connectivity index (χ1) is 13.2. The van der Waals surface area contributed by atoms with E-state index in [1.165, 1.54) is 17.3 Å². The van der Waals surface area contributed by atoms with Crippen LogP contribution in [-0.4, -0.2) is 27.9 Å². The average molecular weight is 382 g/mol. The number of hydrogen-bond donors (Lipinski definition) is 1. The molecule has 0 saturated carbocycles. The van der Waals surface area contributed by atoms with Gasteiger partial charge in [0.05, 0.1) is 12.2 Å². The average Bonchev–Trinajstić information content (AvgIpc) is 3.14. The number of aryl methyl sites for hydroxylation is 1. The zero-order valence-corrected chi connectivity index (χ0v) is 16.1. The van der Waals surface area contributed by atoms with Gasteiger partial charge in [0.2, 0.25) is 11.8 Å². The van der Waals surface area contributed by atoms with Crippen LogP contribution in [0.3, 0.4) is 0 Å². The molecule has 0 aliphatic rings. The highest BCUT2D eigenvalue weighted by atomic mass is 32.2. The van der Waals surface area contributed by atoms with Crippen molar-refractivity contribution in [2.75, 3.05) is 5.75 Å². The molecule has 0 aliphatic carbocycles. The largest absolute Gasteiger partial charge is 0.416 e. The van der Waals surface area contributed by atoms with E-state index in [1.54, 1.807) is 0 Å². The molecule has 0 fully saturated rings. The van der Waals surface area contributed by atoms with Crippen molar-refractivity contribution < 1.29 is 9.21 Å². The maximum absolute atomic E-state index is 12.1. The van der Waals surface area contributed by atoms with Gasteiger partial charge in [-0.2, -0.15) is 0 Å². The second-order valence-electron chi connectivity index (χ2n) is 6.41. The molecule has 0 aliphatic heterocycles. The molecule has 6 heteroatoms. The molecule has 1 N–H and O–H groups in total. The van der Waals surface area contributed by atoms with Gasteiger partial charge < -0.3 is 9.73 Å². The lowest BCUT2D eigenvalue weighted by Gasteiger charge is -2.13. The first kappa shape index (κ1) is 19.2. The summed E-state index contributed by atoms with van der Waals surface area (Å²) in [5.74, 6) is 0.798. The fraction of sp³-hybridized carbons (Fsp3) is 0.286. The van der Waals surface area contributed by atoms with Crippen molar-refractivity contribution in [2.24, 2.45) is 0 Å². The van der Waals surface area contributed by atoms with Crippen LogP contribution < -0.4 is 5.32 Å². The summed E-state index contributed by atoms with van der Waals surface area (Å²) in [6, 6.07) is 20.4. The van der Waals surface area contributed by atoms with Crippen LogP contribution in [-0.2, 0) is 17.6 Å². The van der Waals surface area contributed by atoms with Crippen molar-refractivity contribution in [3.8, 4) is 0 Å². The molecule has 27 heavy (non-hydrogen) atoms. The summed E-state index contributed by atoms with van der Waals surface area (Å²) in [6.07, 6.45) is 2.45. The number of rotatable bonds is 9. The standard InChI is InChI=1S/C21H23N3O2S/c1-16(12-13-17-8-4-2-5-9-17)22-19(25)15-27-21-24-23-20(26-21)14-18-10-6-3-7-11-18/h2-11,16H,12-15H2,1H3,(H,22,25)/t16-/m0/s1. The van der Waals surface area contributed by atoms with Gasteiger partial charge in [0, 0.05) is 6.04 Å². The fourth-order valence-corrected chi connectivity index (χ4v) is 3.27. The van der Waals surface area contributed by atoms with Gasteiger partial charge in [-0.05, 0) is 30.9 Å². The van der Waals surface area contributed by atoms with Crippen molar-refractivity contribution in [3.05, 3.63) is 77.7 Å². The van der Waals surface area contributed by atoms with Gasteiger partial charge in [-0.15, -0.1) is 10.2 Å². The number of hydrogen-bond acceptors (Lipinski definition) is 5. The molecule has 0 bridgehead atoms. The Kier molecular flexibility index (Phi) is 7.04. The number of nitrogens with zero attached hydrogens (tertiary/aromatic N) is 2. The van der Waals surface area contributed by atoms with Gasteiger partial charge in [0.25, 0.3) is 5.22 Å². The summed E-state index contributed by atoms with van der Waals surface area (Å²) >= 11 is 1.26. The van der Waals surface area contributed by atoms with Crippen molar-refractivity contribution in [2.45, 2.75) is 37.5 Å². The van der Waals surface area contributed by atoms with Gasteiger partial charge >= 0.3 is 0 Å². The topological polar surface area (TPSA) is 68.0 Å². The highest BCUT2D eigenvalue weighted by Crippen LogP contribution is 2.17. The Labute approximate surface area is 163 Å². The summed E-state index contributed by atoms with van der Waals surface area (Å²) in [5.41, 5.74) is 2.40. The van der Waals surface area contributed by atoms with E-state index in [2.05, 4.69) is 27.6 Å². The van der Waals surface area contributed by atoms with Crippen LogP contribution in [0.4, 0.5) is 0 Å². The predicted octanol–water partition coefficient (Wildman–Crippen LogP) is 3.89. The first-order valence-corrected chi connectivity index (χ1v) is 10.00. The minimum atomic E-state index is -0.0247. The molecule has 140 valence electrons. The molecule has 1 aromatic heterocycles. The van der Waals surface area contributed by atoms with Crippen LogP contribution >= 0.6 is 11.8 Å². The predicted molar refractivity (Wildman–Crippen MR) is 107 cm³/mol. The Balaban J connectivity index is 1.38. The third-order valence-corrected chi connectivity index (χ3v) is 4.91.